The van der Waals surface area contributed by atoms with Gasteiger partial charge in [0.1, 0.15) is 0 Å². The van der Waals surface area contributed by atoms with Crippen molar-refractivity contribution in [3.63, 3.8) is 0 Å². The predicted molar refractivity (Wildman–Crippen MR) is 57.7 cm³/mol. The maximum absolute atomic E-state index is 11.6. The molecule has 1 N–H and O–H groups in total. The van der Waals surface area contributed by atoms with Crippen molar-refractivity contribution in [3.05, 3.63) is 0 Å². The summed E-state index contributed by atoms with van der Waals surface area (Å²) in [4.78, 5) is 13.6. The molecule has 2 aliphatic rings. The second kappa shape index (κ2) is 4.49. The van der Waals surface area contributed by atoms with Crippen molar-refractivity contribution in [1.29, 1.82) is 0 Å². The summed E-state index contributed by atoms with van der Waals surface area (Å²) in [7, 11) is 0. The highest BCUT2D eigenvalue weighted by atomic mass is 16.5. The molecule has 0 atom stereocenters. The Morgan fingerprint density at radius 1 is 1.47 bits per heavy atom. The van der Waals surface area contributed by atoms with Gasteiger partial charge in [-0.3, -0.25) is 4.79 Å². The Morgan fingerprint density at radius 2 is 2.20 bits per heavy atom. The number of carbonyl (C=O) groups is 1. The Kier molecular flexibility index (Phi) is 3.26. The van der Waals surface area contributed by atoms with Crippen LogP contribution in [0.3, 0.4) is 0 Å². The minimum atomic E-state index is -0.0473. The lowest BCUT2D eigenvalue weighted by atomic mass is 9.90. The molecular formula is C11H20N2O2. The molecule has 15 heavy (non-hydrogen) atoms. The molecule has 0 aromatic carbocycles. The molecule has 2 rings (SSSR count). The average Bonchev–Trinajstić information content (AvgIpc) is 2.29. The molecule has 2 heterocycles. The molecule has 86 valence electrons. The molecule has 0 aromatic heterocycles. The second-order valence-corrected chi connectivity index (χ2v) is 4.45. The summed E-state index contributed by atoms with van der Waals surface area (Å²) >= 11 is 0. The topological polar surface area (TPSA) is 41.6 Å². The van der Waals surface area contributed by atoms with Crippen molar-refractivity contribution in [2.24, 2.45) is 0 Å². The van der Waals surface area contributed by atoms with Gasteiger partial charge in [-0.05, 0) is 25.9 Å². The summed E-state index contributed by atoms with van der Waals surface area (Å²) < 4.78 is 5.90. The van der Waals surface area contributed by atoms with E-state index in [4.69, 9.17) is 4.74 Å². The first kappa shape index (κ1) is 10.9. The summed E-state index contributed by atoms with van der Waals surface area (Å²) in [6, 6.07) is 0. The van der Waals surface area contributed by atoms with Gasteiger partial charge in [-0.15, -0.1) is 0 Å². The van der Waals surface area contributed by atoms with Gasteiger partial charge in [0.25, 0.3) is 0 Å². The van der Waals surface area contributed by atoms with Gasteiger partial charge in [-0.1, -0.05) is 6.92 Å². The molecular weight excluding hydrogens is 192 g/mol. The molecule has 0 bridgehead atoms. The minimum Gasteiger partial charge on any atom is -0.371 e. The summed E-state index contributed by atoms with van der Waals surface area (Å²) in [6.07, 6.45) is 2.66. The number of piperidine rings is 1. The van der Waals surface area contributed by atoms with Crippen LogP contribution in [-0.4, -0.2) is 49.2 Å². The quantitative estimate of drug-likeness (QED) is 0.683. The molecule has 0 radical (unpaired) electrons. The van der Waals surface area contributed by atoms with Crippen molar-refractivity contribution < 1.29 is 9.53 Å². The Balaban J connectivity index is 1.99. The number of hydrogen-bond acceptors (Lipinski definition) is 3. The standard InChI is InChI=1S/C11H20N2O2/c1-2-10(14)13-7-8-15-11(9-13)3-5-12-6-4-11/h12H,2-9H2,1H3. The number of hydrogen-bond donors (Lipinski definition) is 1. The van der Waals surface area contributed by atoms with E-state index in [1.165, 1.54) is 0 Å². The predicted octanol–water partition coefficient (Wildman–Crippen LogP) is 0.377. The largest absolute Gasteiger partial charge is 0.371 e. The van der Waals surface area contributed by atoms with Crippen LogP contribution in [0.2, 0.25) is 0 Å². The molecule has 0 aliphatic carbocycles. The zero-order valence-electron chi connectivity index (χ0n) is 9.42. The van der Waals surface area contributed by atoms with Crippen LogP contribution in [0.5, 0.6) is 0 Å². The fraction of sp³-hybridized carbons (Fsp3) is 0.909. The highest BCUT2D eigenvalue weighted by Gasteiger charge is 2.38. The molecule has 1 spiro atoms. The van der Waals surface area contributed by atoms with Crippen LogP contribution in [0.15, 0.2) is 0 Å². The summed E-state index contributed by atoms with van der Waals surface area (Å²) in [5, 5.41) is 3.33. The number of rotatable bonds is 1. The first-order chi connectivity index (χ1) is 7.26. The lowest BCUT2D eigenvalue weighted by Gasteiger charge is -2.45. The van der Waals surface area contributed by atoms with Gasteiger partial charge in [0, 0.05) is 19.5 Å². The summed E-state index contributed by atoms with van der Waals surface area (Å²) in [5.74, 6) is 0.260. The molecule has 1 amide bonds. The lowest BCUT2D eigenvalue weighted by molar-refractivity contribution is -0.154. The van der Waals surface area contributed by atoms with Gasteiger partial charge in [-0.2, -0.15) is 0 Å². The summed E-state index contributed by atoms with van der Waals surface area (Å²) in [5.41, 5.74) is -0.0473. The van der Waals surface area contributed by atoms with Crippen LogP contribution >= 0.6 is 0 Å². The third-order valence-corrected chi connectivity index (χ3v) is 3.42. The zero-order valence-corrected chi connectivity index (χ0v) is 9.42. The van der Waals surface area contributed by atoms with Crippen LogP contribution in [0.25, 0.3) is 0 Å². The number of amides is 1. The van der Waals surface area contributed by atoms with Crippen molar-refractivity contribution in [1.82, 2.24) is 10.2 Å². The van der Waals surface area contributed by atoms with E-state index in [-0.39, 0.29) is 11.5 Å². The van der Waals surface area contributed by atoms with E-state index in [1.807, 2.05) is 11.8 Å². The van der Waals surface area contributed by atoms with Crippen molar-refractivity contribution >= 4 is 5.91 Å². The number of nitrogens with one attached hydrogen (secondary N) is 1. The number of morpholine rings is 1. The lowest BCUT2D eigenvalue weighted by Crippen LogP contribution is -2.57. The maximum atomic E-state index is 11.6. The van der Waals surface area contributed by atoms with E-state index in [2.05, 4.69) is 5.32 Å². The normalized spacial score (nSPS) is 25.5. The van der Waals surface area contributed by atoms with Gasteiger partial charge < -0.3 is 15.0 Å². The van der Waals surface area contributed by atoms with Crippen LogP contribution in [0, 0.1) is 0 Å². The van der Waals surface area contributed by atoms with Crippen molar-refractivity contribution in [2.45, 2.75) is 31.8 Å². The van der Waals surface area contributed by atoms with Crippen LogP contribution in [0.4, 0.5) is 0 Å². The van der Waals surface area contributed by atoms with Crippen molar-refractivity contribution in [3.8, 4) is 0 Å². The van der Waals surface area contributed by atoms with E-state index < -0.39 is 0 Å². The fourth-order valence-electron chi connectivity index (χ4n) is 2.47. The minimum absolute atomic E-state index is 0.0473. The Morgan fingerprint density at radius 3 is 2.87 bits per heavy atom. The van der Waals surface area contributed by atoms with E-state index in [9.17, 15) is 4.79 Å². The third-order valence-electron chi connectivity index (χ3n) is 3.42. The highest BCUT2D eigenvalue weighted by Crippen LogP contribution is 2.27. The monoisotopic (exact) mass is 212 g/mol. The van der Waals surface area contributed by atoms with Crippen LogP contribution < -0.4 is 5.32 Å². The highest BCUT2D eigenvalue weighted by molar-refractivity contribution is 5.76. The molecule has 2 saturated heterocycles. The molecule has 0 saturated carbocycles. The Hall–Kier alpha value is -0.610. The van der Waals surface area contributed by atoms with Crippen LogP contribution in [-0.2, 0) is 9.53 Å². The fourth-order valence-corrected chi connectivity index (χ4v) is 2.47. The van der Waals surface area contributed by atoms with Gasteiger partial charge in [0.2, 0.25) is 5.91 Å². The Bertz CT molecular complexity index is 231. The van der Waals surface area contributed by atoms with E-state index in [0.29, 0.717) is 13.0 Å². The number of nitrogens with zero attached hydrogens (tertiary/aromatic N) is 1. The number of carbonyl (C=O) groups excluding carboxylic acids is 1. The first-order valence-corrected chi connectivity index (χ1v) is 5.88. The number of ether oxygens (including phenoxy) is 1. The maximum Gasteiger partial charge on any atom is 0.222 e. The van der Waals surface area contributed by atoms with E-state index in [0.717, 1.165) is 39.0 Å². The molecule has 4 nitrogen and oxygen atoms in total. The van der Waals surface area contributed by atoms with Gasteiger partial charge in [0.05, 0.1) is 12.2 Å². The smallest absolute Gasteiger partial charge is 0.222 e. The first-order valence-electron chi connectivity index (χ1n) is 5.88. The zero-order chi connectivity index (χ0) is 10.7. The second-order valence-electron chi connectivity index (χ2n) is 4.45. The van der Waals surface area contributed by atoms with E-state index in [1.54, 1.807) is 0 Å². The molecule has 2 fully saturated rings. The van der Waals surface area contributed by atoms with Crippen molar-refractivity contribution in [2.75, 3.05) is 32.8 Å². The molecule has 0 unspecified atom stereocenters. The van der Waals surface area contributed by atoms with Gasteiger partial charge in [-0.25, -0.2) is 0 Å². The van der Waals surface area contributed by atoms with E-state index >= 15 is 0 Å². The molecule has 2 aliphatic heterocycles. The SMILES string of the molecule is CCC(=O)N1CCOC2(CCNCC2)C1. The Labute approximate surface area is 91.0 Å². The summed E-state index contributed by atoms with van der Waals surface area (Å²) in [6.45, 7) is 6.20. The third kappa shape index (κ3) is 2.32. The molecule has 0 aromatic rings. The van der Waals surface area contributed by atoms with Crippen LogP contribution in [0.1, 0.15) is 26.2 Å². The van der Waals surface area contributed by atoms with Gasteiger partial charge in [0.15, 0.2) is 0 Å². The van der Waals surface area contributed by atoms with Gasteiger partial charge >= 0.3 is 0 Å². The average molecular weight is 212 g/mol. The molecule has 4 heteroatoms.